The molecule has 122 valence electrons. The van der Waals surface area contributed by atoms with E-state index in [9.17, 15) is 0 Å². The molecule has 0 atom stereocenters. The van der Waals surface area contributed by atoms with Crippen LogP contribution < -0.4 is 14.7 Å². The first-order valence-electron chi connectivity index (χ1n) is 8.29. The second-order valence-corrected chi connectivity index (χ2v) is 6.99. The van der Waals surface area contributed by atoms with Crippen LogP contribution in [-0.2, 0) is 0 Å². The zero-order valence-corrected chi connectivity index (χ0v) is 14.3. The Hall–Kier alpha value is -1.89. The minimum Gasteiger partial charge on any atom is -0.356 e. The van der Waals surface area contributed by atoms with Gasteiger partial charge in [-0.3, -0.25) is 0 Å². The summed E-state index contributed by atoms with van der Waals surface area (Å²) in [5.41, 5.74) is 0. The summed E-state index contributed by atoms with van der Waals surface area (Å²) >= 11 is 1.71. The van der Waals surface area contributed by atoms with Crippen molar-refractivity contribution in [3.8, 4) is 0 Å². The molecule has 2 saturated heterocycles. The maximum absolute atomic E-state index is 4.67. The summed E-state index contributed by atoms with van der Waals surface area (Å²) in [7, 11) is 0. The van der Waals surface area contributed by atoms with Crippen molar-refractivity contribution in [2.45, 2.75) is 19.8 Å². The molecule has 0 bridgehead atoms. The number of hydrogen-bond donors (Lipinski definition) is 0. The number of piperazine rings is 1. The summed E-state index contributed by atoms with van der Waals surface area (Å²) in [6.45, 7) is 8.19. The number of aromatic nitrogens is 3. The van der Waals surface area contributed by atoms with E-state index in [-0.39, 0.29) is 0 Å². The van der Waals surface area contributed by atoms with Crippen molar-refractivity contribution in [3.63, 3.8) is 0 Å². The van der Waals surface area contributed by atoms with Crippen LogP contribution in [0.15, 0.2) is 17.6 Å². The fourth-order valence-electron chi connectivity index (χ4n) is 3.31. The highest BCUT2D eigenvalue weighted by Gasteiger charge is 2.22. The molecule has 0 unspecified atom stereocenters. The quantitative estimate of drug-likeness (QED) is 0.860. The monoisotopic (exact) mass is 330 g/mol. The Morgan fingerprint density at radius 2 is 1.48 bits per heavy atom. The Balaban J connectivity index is 1.48. The van der Waals surface area contributed by atoms with Gasteiger partial charge >= 0.3 is 0 Å². The lowest BCUT2D eigenvalue weighted by molar-refractivity contribution is 0.644. The zero-order valence-electron chi connectivity index (χ0n) is 13.5. The van der Waals surface area contributed by atoms with E-state index in [0.29, 0.717) is 0 Å². The molecular weight excluding hydrogens is 308 g/mol. The second-order valence-electron chi connectivity index (χ2n) is 6.11. The average Bonchev–Trinajstić information content (AvgIpc) is 3.28. The van der Waals surface area contributed by atoms with Gasteiger partial charge in [0.15, 0.2) is 5.13 Å². The van der Waals surface area contributed by atoms with Crippen LogP contribution in [-0.4, -0.2) is 54.2 Å². The zero-order chi connectivity index (χ0) is 15.6. The summed E-state index contributed by atoms with van der Waals surface area (Å²) in [6, 6.07) is 2.16. The molecule has 23 heavy (non-hydrogen) atoms. The molecule has 0 saturated carbocycles. The van der Waals surface area contributed by atoms with Crippen LogP contribution in [0.5, 0.6) is 0 Å². The van der Waals surface area contributed by atoms with E-state index in [2.05, 4.69) is 35.7 Å². The summed E-state index contributed by atoms with van der Waals surface area (Å²) in [6.07, 6.45) is 4.41. The summed E-state index contributed by atoms with van der Waals surface area (Å²) in [4.78, 5) is 20.8. The molecule has 2 aromatic rings. The van der Waals surface area contributed by atoms with E-state index >= 15 is 0 Å². The highest BCUT2D eigenvalue weighted by Crippen LogP contribution is 2.25. The molecule has 4 rings (SSSR count). The molecule has 4 heterocycles. The third kappa shape index (κ3) is 3.10. The van der Waals surface area contributed by atoms with Gasteiger partial charge in [-0.2, -0.15) is 0 Å². The number of hydrogen-bond acceptors (Lipinski definition) is 7. The van der Waals surface area contributed by atoms with Gasteiger partial charge in [0.25, 0.3) is 0 Å². The number of anilines is 3. The van der Waals surface area contributed by atoms with Crippen molar-refractivity contribution >= 4 is 28.1 Å². The van der Waals surface area contributed by atoms with Crippen LogP contribution in [0.25, 0.3) is 0 Å². The number of aryl methyl sites for hydroxylation is 1. The third-order valence-corrected chi connectivity index (χ3v) is 5.37. The minimum absolute atomic E-state index is 0.867. The molecule has 0 aliphatic carbocycles. The summed E-state index contributed by atoms with van der Waals surface area (Å²) in [5, 5.41) is 3.17. The van der Waals surface area contributed by atoms with Crippen LogP contribution in [0.3, 0.4) is 0 Å². The number of rotatable bonds is 3. The maximum Gasteiger partial charge on any atom is 0.185 e. The van der Waals surface area contributed by atoms with Crippen molar-refractivity contribution in [2.75, 3.05) is 54.0 Å². The predicted molar refractivity (Wildman–Crippen MR) is 94.8 cm³/mol. The molecule has 2 aliphatic heterocycles. The third-order valence-electron chi connectivity index (χ3n) is 4.53. The topological polar surface area (TPSA) is 48.4 Å². The molecule has 2 aromatic heterocycles. The maximum atomic E-state index is 4.67. The Morgan fingerprint density at radius 3 is 2.09 bits per heavy atom. The SMILES string of the molecule is Cc1nc(N2CCCC2)cc(N2CCN(c3nccs3)CC2)n1. The van der Waals surface area contributed by atoms with Crippen LogP contribution in [0, 0.1) is 6.92 Å². The van der Waals surface area contributed by atoms with Gasteiger partial charge in [-0.1, -0.05) is 0 Å². The van der Waals surface area contributed by atoms with Gasteiger partial charge in [0, 0.05) is 56.9 Å². The molecule has 0 aromatic carbocycles. The Labute approximate surface area is 140 Å². The fourth-order valence-corrected chi connectivity index (χ4v) is 4.00. The molecule has 0 N–H and O–H groups in total. The van der Waals surface area contributed by atoms with E-state index in [4.69, 9.17) is 0 Å². The first-order chi connectivity index (χ1) is 11.3. The molecule has 0 radical (unpaired) electrons. The average molecular weight is 330 g/mol. The Morgan fingerprint density at radius 1 is 0.870 bits per heavy atom. The van der Waals surface area contributed by atoms with Gasteiger partial charge in [-0.05, 0) is 19.8 Å². The first kappa shape index (κ1) is 14.7. The normalized spacial score (nSPS) is 18.7. The lowest BCUT2D eigenvalue weighted by Gasteiger charge is -2.35. The number of thiazole rings is 1. The van der Waals surface area contributed by atoms with E-state index in [1.165, 1.54) is 12.8 Å². The molecular formula is C16H22N6S. The number of nitrogens with zero attached hydrogens (tertiary/aromatic N) is 6. The minimum atomic E-state index is 0.867. The van der Waals surface area contributed by atoms with Crippen LogP contribution in [0.2, 0.25) is 0 Å². The summed E-state index contributed by atoms with van der Waals surface area (Å²) in [5.74, 6) is 3.03. The molecule has 0 amide bonds. The highest BCUT2D eigenvalue weighted by atomic mass is 32.1. The van der Waals surface area contributed by atoms with Gasteiger partial charge in [-0.25, -0.2) is 15.0 Å². The Kier molecular flexibility index (Phi) is 4.03. The van der Waals surface area contributed by atoms with E-state index in [1.807, 2.05) is 18.5 Å². The lowest BCUT2D eigenvalue weighted by atomic mass is 10.3. The fraction of sp³-hybridized carbons (Fsp3) is 0.562. The highest BCUT2D eigenvalue weighted by molar-refractivity contribution is 7.13. The smallest absolute Gasteiger partial charge is 0.185 e. The summed E-state index contributed by atoms with van der Waals surface area (Å²) < 4.78 is 0. The van der Waals surface area contributed by atoms with Crippen molar-refractivity contribution in [2.24, 2.45) is 0 Å². The van der Waals surface area contributed by atoms with Crippen molar-refractivity contribution in [1.29, 1.82) is 0 Å². The molecule has 2 fully saturated rings. The van der Waals surface area contributed by atoms with Crippen LogP contribution >= 0.6 is 11.3 Å². The van der Waals surface area contributed by atoms with Crippen LogP contribution in [0.4, 0.5) is 16.8 Å². The molecule has 2 aliphatic rings. The lowest BCUT2D eigenvalue weighted by Crippen LogP contribution is -2.47. The predicted octanol–water partition coefficient (Wildman–Crippen LogP) is 2.17. The molecule has 6 nitrogen and oxygen atoms in total. The largest absolute Gasteiger partial charge is 0.356 e. The van der Waals surface area contributed by atoms with Crippen molar-refractivity contribution in [1.82, 2.24) is 15.0 Å². The van der Waals surface area contributed by atoms with Crippen molar-refractivity contribution in [3.05, 3.63) is 23.5 Å². The van der Waals surface area contributed by atoms with Gasteiger partial charge in [0.1, 0.15) is 17.5 Å². The van der Waals surface area contributed by atoms with Crippen LogP contribution in [0.1, 0.15) is 18.7 Å². The van der Waals surface area contributed by atoms with Gasteiger partial charge in [0.05, 0.1) is 0 Å². The second kappa shape index (κ2) is 6.31. The molecule has 0 spiro atoms. The standard InChI is InChI=1S/C16H22N6S/c1-13-18-14(20-5-2-3-6-20)12-15(19-13)21-7-9-22(10-8-21)16-17-4-11-23-16/h4,11-12H,2-3,5-10H2,1H3. The van der Waals surface area contributed by atoms with Gasteiger partial charge in [0.2, 0.25) is 0 Å². The van der Waals surface area contributed by atoms with E-state index in [1.54, 1.807) is 11.3 Å². The van der Waals surface area contributed by atoms with E-state index in [0.717, 1.165) is 61.9 Å². The van der Waals surface area contributed by atoms with Gasteiger partial charge < -0.3 is 14.7 Å². The molecule has 7 heteroatoms. The van der Waals surface area contributed by atoms with Crippen molar-refractivity contribution < 1.29 is 0 Å². The first-order valence-corrected chi connectivity index (χ1v) is 9.17. The van der Waals surface area contributed by atoms with E-state index < -0.39 is 0 Å². The Bertz CT molecular complexity index is 645. The van der Waals surface area contributed by atoms with Gasteiger partial charge in [-0.15, -0.1) is 11.3 Å².